The number of aromatic nitrogens is 5. The molecule has 18 heteroatoms. The van der Waals surface area contributed by atoms with Crippen LogP contribution in [0.4, 0.5) is 26.3 Å². The van der Waals surface area contributed by atoms with Crippen molar-refractivity contribution in [1.82, 2.24) is 29.9 Å². The monoisotopic (exact) mass is 584 g/mol. The predicted molar refractivity (Wildman–Crippen MR) is 121 cm³/mol. The Hall–Kier alpha value is -3.64. The fourth-order valence-corrected chi connectivity index (χ4v) is 3.93. The lowest BCUT2D eigenvalue weighted by Gasteiger charge is -2.31. The molecule has 39 heavy (non-hydrogen) atoms. The van der Waals surface area contributed by atoms with Gasteiger partial charge in [0.15, 0.2) is 0 Å². The van der Waals surface area contributed by atoms with Gasteiger partial charge in [-0.2, -0.15) is 26.3 Å². The molecule has 0 aromatic carbocycles. The van der Waals surface area contributed by atoms with Crippen molar-refractivity contribution in [2.24, 2.45) is 7.05 Å². The summed E-state index contributed by atoms with van der Waals surface area (Å²) in [6.45, 7) is 3.77. The molecule has 214 valence electrons. The van der Waals surface area contributed by atoms with Crippen LogP contribution in [0.25, 0.3) is 0 Å². The second-order valence-corrected chi connectivity index (χ2v) is 8.80. The Bertz CT molecular complexity index is 1170. The summed E-state index contributed by atoms with van der Waals surface area (Å²) in [4.78, 5) is 28.7. The number of aliphatic carboxylic acids is 2. The van der Waals surface area contributed by atoms with Crippen molar-refractivity contribution in [2.75, 3.05) is 13.2 Å². The van der Waals surface area contributed by atoms with Crippen LogP contribution in [0.1, 0.15) is 27.9 Å². The third-order valence-electron chi connectivity index (χ3n) is 4.82. The zero-order valence-electron chi connectivity index (χ0n) is 20.1. The van der Waals surface area contributed by atoms with Gasteiger partial charge in [-0.15, -0.1) is 16.4 Å². The number of alkyl halides is 6. The standard InChI is InChI=1S/C17H20N6OS.2C2HF3O2/c1-22-17-14(12-24-11-13-3-2-4-18-7-13)8-23(9-15(17)20-21-22)10-16-19-5-6-25-16;2*3-2(4,5)1(6)7/h2-7,14H,8-12H2,1H3;2*(H,6,7). The lowest BCUT2D eigenvalue weighted by Crippen LogP contribution is -2.36. The molecule has 11 nitrogen and oxygen atoms in total. The molecule has 3 aromatic heterocycles. The molecule has 0 amide bonds. The third kappa shape index (κ3) is 10.6. The van der Waals surface area contributed by atoms with Gasteiger partial charge in [0, 0.05) is 50.0 Å². The van der Waals surface area contributed by atoms with E-state index in [9.17, 15) is 26.3 Å². The molecule has 0 saturated heterocycles. The topological polar surface area (TPSA) is 144 Å². The van der Waals surface area contributed by atoms with Gasteiger partial charge in [-0.25, -0.2) is 14.6 Å². The summed E-state index contributed by atoms with van der Waals surface area (Å²) in [5.74, 6) is -5.26. The van der Waals surface area contributed by atoms with Crippen molar-refractivity contribution in [2.45, 2.75) is 38.0 Å². The first kappa shape index (κ1) is 31.6. The van der Waals surface area contributed by atoms with Crippen LogP contribution < -0.4 is 0 Å². The molecule has 1 unspecified atom stereocenters. The number of ether oxygens (including phenoxy) is 1. The number of hydrogen-bond donors (Lipinski definition) is 2. The summed E-state index contributed by atoms with van der Waals surface area (Å²) < 4.78 is 71.3. The van der Waals surface area contributed by atoms with Gasteiger partial charge in [0.05, 0.1) is 25.5 Å². The molecule has 1 aliphatic rings. The largest absolute Gasteiger partial charge is 0.490 e. The number of hydrogen-bond acceptors (Lipinski definition) is 9. The SMILES string of the molecule is Cn1nnc2c1C(COCc1cccnc1)CN(Cc1nccs1)C2.O=C(O)C(F)(F)F.O=C(O)C(F)(F)F. The van der Waals surface area contributed by atoms with E-state index in [0.717, 1.165) is 35.9 Å². The summed E-state index contributed by atoms with van der Waals surface area (Å²) >= 11 is 1.69. The van der Waals surface area contributed by atoms with E-state index in [0.29, 0.717) is 13.2 Å². The van der Waals surface area contributed by atoms with E-state index in [1.54, 1.807) is 17.5 Å². The summed E-state index contributed by atoms with van der Waals surface area (Å²) in [5.41, 5.74) is 3.31. The van der Waals surface area contributed by atoms with Crippen molar-refractivity contribution in [3.8, 4) is 0 Å². The molecule has 0 radical (unpaired) electrons. The number of aryl methyl sites for hydroxylation is 1. The van der Waals surface area contributed by atoms with E-state index >= 15 is 0 Å². The second-order valence-electron chi connectivity index (χ2n) is 7.82. The van der Waals surface area contributed by atoms with Gasteiger partial charge in [-0.1, -0.05) is 11.3 Å². The Labute approximate surface area is 220 Å². The highest BCUT2D eigenvalue weighted by Gasteiger charge is 2.39. The molecule has 1 aliphatic heterocycles. The highest BCUT2D eigenvalue weighted by molar-refractivity contribution is 7.09. The van der Waals surface area contributed by atoms with Crippen molar-refractivity contribution in [3.05, 3.63) is 58.1 Å². The highest BCUT2D eigenvalue weighted by atomic mass is 32.1. The predicted octanol–water partition coefficient (Wildman–Crippen LogP) is 3.25. The Morgan fingerprint density at radius 2 is 1.77 bits per heavy atom. The average molecular weight is 584 g/mol. The summed E-state index contributed by atoms with van der Waals surface area (Å²) in [7, 11) is 1.95. The van der Waals surface area contributed by atoms with Crippen molar-refractivity contribution >= 4 is 23.3 Å². The number of carbonyl (C=O) groups is 2. The first-order valence-electron chi connectivity index (χ1n) is 10.7. The lowest BCUT2D eigenvalue weighted by atomic mass is 9.99. The number of carboxylic acids is 2. The van der Waals surface area contributed by atoms with Crippen LogP contribution in [0, 0.1) is 0 Å². The molecule has 3 aromatic rings. The first-order chi connectivity index (χ1) is 18.2. The minimum absolute atomic E-state index is 0.250. The van der Waals surface area contributed by atoms with E-state index in [-0.39, 0.29) is 5.92 Å². The zero-order chi connectivity index (χ0) is 29.2. The summed E-state index contributed by atoms with van der Waals surface area (Å²) in [6, 6.07) is 3.96. The van der Waals surface area contributed by atoms with Crippen molar-refractivity contribution < 1.29 is 50.9 Å². The normalized spacial score (nSPS) is 15.3. The molecular weight excluding hydrogens is 562 g/mol. The summed E-state index contributed by atoms with van der Waals surface area (Å²) in [5, 5.41) is 25.9. The van der Waals surface area contributed by atoms with Crippen molar-refractivity contribution in [1.29, 1.82) is 0 Å². The molecule has 0 spiro atoms. The maximum absolute atomic E-state index is 10.6. The van der Waals surface area contributed by atoms with Gasteiger partial charge in [-0.3, -0.25) is 14.6 Å². The van der Waals surface area contributed by atoms with Gasteiger partial charge in [0.1, 0.15) is 10.7 Å². The lowest BCUT2D eigenvalue weighted by molar-refractivity contribution is -0.193. The fraction of sp³-hybridized carbons (Fsp3) is 0.429. The number of fused-ring (bicyclic) bond motifs is 1. The minimum atomic E-state index is -5.08. The van der Waals surface area contributed by atoms with Gasteiger partial charge in [0.2, 0.25) is 0 Å². The highest BCUT2D eigenvalue weighted by Crippen LogP contribution is 2.28. The van der Waals surface area contributed by atoms with Crippen LogP contribution in [-0.4, -0.2) is 77.5 Å². The Kier molecular flexibility index (Phi) is 11.3. The molecule has 0 saturated carbocycles. The van der Waals surface area contributed by atoms with Gasteiger partial charge in [0.25, 0.3) is 0 Å². The van der Waals surface area contributed by atoms with Gasteiger partial charge in [-0.05, 0) is 11.6 Å². The van der Waals surface area contributed by atoms with Gasteiger partial charge < -0.3 is 14.9 Å². The van der Waals surface area contributed by atoms with Gasteiger partial charge >= 0.3 is 24.3 Å². The molecular formula is C21H22F6N6O5S. The third-order valence-corrected chi connectivity index (χ3v) is 5.58. The first-order valence-corrected chi connectivity index (χ1v) is 11.6. The van der Waals surface area contributed by atoms with E-state index < -0.39 is 24.3 Å². The van der Waals surface area contributed by atoms with Crippen LogP contribution >= 0.6 is 11.3 Å². The molecule has 2 N–H and O–H groups in total. The van der Waals surface area contributed by atoms with Crippen LogP contribution in [0.15, 0.2) is 36.1 Å². The minimum Gasteiger partial charge on any atom is -0.475 e. The zero-order valence-corrected chi connectivity index (χ0v) is 20.9. The molecule has 4 rings (SSSR count). The Balaban J connectivity index is 0.000000317. The average Bonchev–Trinajstić information content (AvgIpc) is 3.49. The van der Waals surface area contributed by atoms with E-state index in [2.05, 4.69) is 25.2 Å². The van der Waals surface area contributed by atoms with Crippen molar-refractivity contribution in [3.63, 3.8) is 0 Å². The maximum atomic E-state index is 10.6. The molecule has 4 heterocycles. The smallest absolute Gasteiger partial charge is 0.475 e. The number of rotatable bonds is 6. The quantitative estimate of drug-likeness (QED) is 0.415. The second kappa shape index (κ2) is 13.9. The molecule has 0 fully saturated rings. The number of carboxylic acid groups (broad SMARTS) is 2. The number of nitrogens with zero attached hydrogens (tertiary/aromatic N) is 6. The van der Waals surface area contributed by atoms with E-state index in [1.807, 2.05) is 41.6 Å². The summed E-state index contributed by atoms with van der Waals surface area (Å²) in [6.07, 6.45) is -4.70. The number of halogens is 6. The van der Waals surface area contributed by atoms with Crippen LogP contribution in [0.3, 0.4) is 0 Å². The Morgan fingerprint density at radius 1 is 1.13 bits per heavy atom. The van der Waals surface area contributed by atoms with Crippen LogP contribution in [0.5, 0.6) is 0 Å². The van der Waals surface area contributed by atoms with E-state index in [4.69, 9.17) is 24.5 Å². The number of pyridine rings is 1. The number of thiazole rings is 1. The maximum Gasteiger partial charge on any atom is 0.490 e. The molecule has 0 aliphatic carbocycles. The van der Waals surface area contributed by atoms with Crippen LogP contribution in [0.2, 0.25) is 0 Å². The molecule has 0 bridgehead atoms. The van der Waals surface area contributed by atoms with Crippen LogP contribution in [-0.2, 0) is 41.1 Å². The molecule has 1 atom stereocenters. The fourth-order valence-electron chi connectivity index (χ4n) is 3.27. The van der Waals surface area contributed by atoms with E-state index in [1.165, 1.54) is 5.69 Å². The Morgan fingerprint density at radius 3 is 2.28 bits per heavy atom.